The van der Waals surface area contributed by atoms with E-state index in [0.717, 1.165) is 22.1 Å². The summed E-state index contributed by atoms with van der Waals surface area (Å²) in [4.78, 5) is 68.2. The number of β-lactam (4-membered cyclic amide) rings is 1. The first-order valence-corrected chi connectivity index (χ1v) is 16.1. The predicted molar refractivity (Wildman–Crippen MR) is 162 cm³/mol. The maximum absolute atomic E-state index is 13.2. The smallest absolute Gasteiger partial charge is 0.352 e. The second-order valence-corrected chi connectivity index (χ2v) is 14.2. The Morgan fingerprint density at radius 1 is 1.33 bits per heavy atom. The minimum atomic E-state index is -1.75. The molecule has 1 aromatic heterocycles. The third kappa shape index (κ3) is 5.75. The normalized spacial score (nSPS) is 23.5. The number of carboxylic acid groups (broad SMARTS) is 2. The third-order valence-electron chi connectivity index (χ3n) is 6.36. The molecule has 1 fully saturated rings. The summed E-state index contributed by atoms with van der Waals surface area (Å²) in [7, 11) is 1.91. The topological polar surface area (TPSA) is 200 Å². The fraction of sp³-hybridized carbons (Fsp3) is 0.375. The zero-order valence-corrected chi connectivity index (χ0v) is 25.6. The van der Waals surface area contributed by atoms with Crippen LogP contribution in [0.25, 0.3) is 0 Å². The number of anilines is 1. The first kappa shape index (κ1) is 30.0. The first-order valence-electron chi connectivity index (χ1n) is 12.3. The van der Waals surface area contributed by atoms with Gasteiger partial charge in [-0.05, 0) is 31.6 Å². The Labute approximate surface area is 256 Å². The van der Waals surface area contributed by atoms with Gasteiger partial charge in [0, 0.05) is 30.1 Å². The molecule has 2 amide bonds. The molecule has 5 rings (SSSR count). The van der Waals surface area contributed by atoms with E-state index in [2.05, 4.69) is 15.5 Å². The zero-order chi connectivity index (χ0) is 30.3. The zero-order valence-electron chi connectivity index (χ0n) is 22.3. The third-order valence-corrected chi connectivity index (χ3v) is 10.9. The Kier molecular flexibility index (Phi) is 8.32. The summed E-state index contributed by atoms with van der Waals surface area (Å²) in [5.41, 5.74) is 4.10. The number of rotatable bonds is 10. The van der Waals surface area contributed by atoms with Crippen LogP contribution in [0, 0.1) is 0 Å². The van der Waals surface area contributed by atoms with Gasteiger partial charge in [0.05, 0.1) is 4.91 Å². The van der Waals surface area contributed by atoms with E-state index < -0.39 is 40.8 Å². The predicted octanol–water partition coefficient (Wildman–Crippen LogP) is 1.55. The van der Waals surface area contributed by atoms with E-state index in [1.165, 1.54) is 47.7 Å². The first-order chi connectivity index (χ1) is 19.9. The van der Waals surface area contributed by atoms with Gasteiger partial charge in [-0.2, -0.15) is 0 Å². The second kappa shape index (κ2) is 11.7. The van der Waals surface area contributed by atoms with Crippen molar-refractivity contribution in [2.45, 2.75) is 35.6 Å². The molecule has 5 N–H and O–H groups in total. The van der Waals surface area contributed by atoms with Crippen molar-refractivity contribution < 1.29 is 34.2 Å². The van der Waals surface area contributed by atoms with E-state index in [4.69, 9.17) is 15.6 Å². The highest BCUT2D eigenvalue weighted by molar-refractivity contribution is 8.19. The van der Waals surface area contributed by atoms with Gasteiger partial charge in [-0.15, -0.1) is 34.9 Å². The molecule has 0 radical (unpaired) electrons. The van der Waals surface area contributed by atoms with Crippen molar-refractivity contribution in [2.75, 3.05) is 24.3 Å². The molecule has 2 unspecified atom stereocenters. The summed E-state index contributed by atoms with van der Waals surface area (Å²) in [5.74, 6) is -2.43. The number of amides is 2. The number of carbonyl (C=O) groups is 4. The molecule has 5 heterocycles. The molecule has 222 valence electrons. The molecule has 4 aliphatic heterocycles. The molecular formula is C24H25N7O7S4. The molecule has 3 atom stereocenters. The average molecular weight is 652 g/mol. The highest BCUT2D eigenvalue weighted by atomic mass is 32.2. The summed E-state index contributed by atoms with van der Waals surface area (Å²) in [6.07, 6.45) is 5.83. The molecule has 42 heavy (non-hydrogen) atoms. The summed E-state index contributed by atoms with van der Waals surface area (Å²) in [5, 5.41) is 26.6. The van der Waals surface area contributed by atoms with Gasteiger partial charge in [0.1, 0.15) is 33.3 Å². The number of nitrogens with two attached hydrogens (primary N) is 1. The van der Waals surface area contributed by atoms with Gasteiger partial charge < -0.3 is 31.0 Å². The van der Waals surface area contributed by atoms with E-state index in [1.54, 1.807) is 11.8 Å². The highest BCUT2D eigenvalue weighted by Crippen LogP contribution is 2.44. The summed E-state index contributed by atoms with van der Waals surface area (Å²) >= 11 is 5.44. The van der Waals surface area contributed by atoms with Crippen LogP contribution in [0.3, 0.4) is 0 Å². The molecule has 1 aromatic rings. The SMILES string of the molecule is CN1C=CC=C2SC(SCC3=C(C(=O)O)N4C(=O)C(NC(=O)/C(=N\OC(C)(C)C(=O)O)c5csc(N)n5)[C@H]4SC3)N=C21. The summed E-state index contributed by atoms with van der Waals surface area (Å²) in [6.45, 7) is 2.51. The summed E-state index contributed by atoms with van der Waals surface area (Å²) < 4.78 is -0.149. The number of hydrogen-bond donors (Lipinski definition) is 4. The van der Waals surface area contributed by atoms with Crippen LogP contribution in [-0.4, -0.2) is 101 Å². The lowest BCUT2D eigenvalue weighted by molar-refractivity contribution is -0.161. The second-order valence-electron chi connectivity index (χ2n) is 9.71. The van der Waals surface area contributed by atoms with Gasteiger partial charge in [-0.1, -0.05) is 16.9 Å². The fourth-order valence-electron chi connectivity index (χ4n) is 4.11. The average Bonchev–Trinajstić information content (AvgIpc) is 3.56. The number of aliphatic carboxylic acids is 2. The molecule has 0 aromatic carbocycles. The number of hydrogen-bond acceptors (Lipinski definition) is 14. The number of carboxylic acids is 2. The maximum Gasteiger partial charge on any atom is 0.352 e. The number of nitrogen functional groups attached to an aromatic ring is 1. The van der Waals surface area contributed by atoms with Crippen LogP contribution in [0.2, 0.25) is 0 Å². The van der Waals surface area contributed by atoms with Crippen molar-refractivity contribution in [2.24, 2.45) is 10.1 Å². The number of aromatic nitrogens is 1. The number of nitrogens with one attached hydrogen (secondary N) is 1. The summed E-state index contributed by atoms with van der Waals surface area (Å²) in [6, 6.07) is -1.05. The molecule has 0 aliphatic carbocycles. The van der Waals surface area contributed by atoms with Gasteiger partial charge in [0.25, 0.3) is 11.8 Å². The van der Waals surface area contributed by atoms with Crippen LogP contribution in [0.4, 0.5) is 5.13 Å². The molecular weight excluding hydrogens is 627 g/mol. The van der Waals surface area contributed by atoms with Crippen LogP contribution in [0.1, 0.15) is 19.5 Å². The van der Waals surface area contributed by atoms with E-state index >= 15 is 0 Å². The number of thiazole rings is 1. The number of carbonyl (C=O) groups excluding carboxylic acids is 2. The Morgan fingerprint density at radius 3 is 2.74 bits per heavy atom. The van der Waals surface area contributed by atoms with Gasteiger partial charge in [-0.25, -0.2) is 19.6 Å². The Balaban J connectivity index is 1.29. The number of oxime groups is 1. The molecule has 0 bridgehead atoms. The van der Waals surface area contributed by atoms with Gasteiger partial charge in [0.2, 0.25) is 5.60 Å². The van der Waals surface area contributed by atoms with E-state index in [0.29, 0.717) is 17.1 Å². The van der Waals surface area contributed by atoms with Crippen LogP contribution in [-0.2, 0) is 24.0 Å². The number of allylic oxidation sites excluding steroid dienone is 2. The van der Waals surface area contributed by atoms with Gasteiger partial charge in [0.15, 0.2) is 10.8 Å². The lowest BCUT2D eigenvalue weighted by Crippen LogP contribution is -2.71. The highest BCUT2D eigenvalue weighted by Gasteiger charge is 2.54. The quantitative estimate of drug-likeness (QED) is 0.162. The van der Waals surface area contributed by atoms with Crippen LogP contribution in [0.5, 0.6) is 0 Å². The number of aliphatic imine (C=N–C) groups is 1. The Morgan fingerprint density at radius 2 is 2.10 bits per heavy atom. The van der Waals surface area contributed by atoms with Crippen LogP contribution >= 0.6 is 46.6 Å². The van der Waals surface area contributed by atoms with Crippen molar-refractivity contribution in [3.63, 3.8) is 0 Å². The van der Waals surface area contributed by atoms with Crippen molar-refractivity contribution in [3.05, 3.63) is 45.6 Å². The number of nitrogens with zero attached hydrogens (tertiary/aromatic N) is 5. The van der Waals surface area contributed by atoms with E-state index in [9.17, 15) is 29.4 Å². The van der Waals surface area contributed by atoms with Crippen molar-refractivity contribution in [1.82, 2.24) is 20.1 Å². The van der Waals surface area contributed by atoms with Crippen molar-refractivity contribution in [1.29, 1.82) is 0 Å². The van der Waals surface area contributed by atoms with Crippen molar-refractivity contribution >= 4 is 87.1 Å². The minimum absolute atomic E-state index is 0.0347. The molecule has 0 saturated carbocycles. The fourth-order valence-corrected chi connectivity index (χ4v) is 8.50. The number of thioether (sulfide) groups is 3. The molecule has 4 aliphatic rings. The molecule has 0 spiro atoms. The van der Waals surface area contributed by atoms with Crippen LogP contribution < -0.4 is 11.1 Å². The standard InChI is InChI=1S/C24H25N7O7S4/c1-24(2,21(36)37)38-29-13(11-9-40-22(25)26-11)17(32)27-14-18(33)31-15(20(34)35)10(7-39-19(14)31)8-41-23-28-16-12(42-23)5-4-6-30(16)3/h4-6,9,14,19,23H,7-8H2,1-3H3,(H2,25,26)(H,27,32)(H,34,35)(H,36,37)/b29-13-/t14?,19-,23?/m1/s1. The molecule has 1 saturated heterocycles. The van der Waals surface area contributed by atoms with E-state index in [1.807, 2.05) is 30.3 Å². The lowest BCUT2D eigenvalue weighted by atomic mass is 10.0. The minimum Gasteiger partial charge on any atom is -0.478 e. The monoisotopic (exact) mass is 651 g/mol. The molecule has 18 heteroatoms. The molecule has 14 nitrogen and oxygen atoms in total. The number of amidine groups is 1. The maximum atomic E-state index is 13.2. The van der Waals surface area contributed by atoms with Gasteiger partial charge in [-0.3, -0.25) is 14.5 Å². The largest absolute Gasteiger partial charge is 0.478 e. The van der Waals surface area contributed by atoms with Crippen LogP contribution in [0.15, 0.2) is 50.1 Å². The number of fused-ring (bicyclic) bond motifs is 2. The lowest BCUT2D eigenvalue weighted by Gasteiger charge is -2.49. The Hall–Kier alpha value is -3.48. The van der Waals surface area contributed by atoms with Gasteiger partial charge >= 0.3 is 11.9 Å². The van der Waals surface area contributed by atoms with Crippen molar-refractivity contribution in [3.8, 4) is 0 Å². The number of likely N-dealkylation sites (N-methyl/N-ethyl adjacent to an activating group) is 1. The van der Waals surface area contributed by atoms with E-state index in [-0.39, 0.29) is 26.9 Å². The Bertz CT molecular complexity index is 1520.